The number of alkyl halides is 6. The summed E-state index contributed by atoms with van der Waals surface area (Å²) in [7, 11) is -3.42. The molecule has 144 valence electrons. The van der Waals surface area contributed by atoms with Gasteiger partial charge in [0, 0.05) is 14.1 Å². The van der Waals surface area contributed by atoms with E-state index < -0.39 is 60.3 Å². The van der Waals surface area contributed by atoms with Gasteiger partial charge in [0.1, 0.15) is 0 Å². The topological polar surface area (TPSA) is 109 Å². The van der Waals surface area contributed by atoms with Gasteiger partial charge >= 0.3 is 18.0 Å². The highest BCUT2D eigenvalue weighted by Gasteiger charge is 2.46. The summed E-state index contributed by atoms with van der Waals surface area (Å²) in [5.74, 6) is -1.80. The van der Waals surface area contributed by atoms with Crippen LogP contribution >= 0.6 is 0 Å². The molecule has 0 saturated carbocycles. The minimum atomic E-state index is -5.40. The summed E-state index contributed by atoms with van der Waals surface area (Å²) >= 11 is 0. The number of H-pyrrole nitrogens is 1. The average Bonchev–Trinajstić information content (AvgIpc) is 2.87. The first kappa shape index (κ1) is 19.9. The second-order valence-corrected chi connectivity index (χ2v) is 7.21. The van der Waals surface area contributed by atoms with Crippen molar-refractivity contribution in [3.8, 4) is 0 Å². The van der Waals surface area contributed by atoms with Gasteiger partial charge in [-0.1, -0.05) is 0 Å². The molecule has 1 N–H and O–H groups in total. The second kappa shape index (κ2) is 5.80. The lowest BCUT2D eigenvalue weighted by Crippen LogP contribution is -2.26. The molecule has 0 bridgehead atoms. The van der Waals surface area contributed by atoms with Crippen LogP contribution in [0.3, 0.4) is 0 Å². The van der Waals surface area contributed by atoms with Crippen LogP contribution in [0.5, 0.6) is 0 Å². The average molecular weight is 406 g/mol. The smallest absolute Gasteiger partial charge is 0.334 e. The van der Waals surface area contributed by atoms with Crippen LogP contribution in [-0.2, 0) is 22.4 Å². The number of nitro groups is 1. The Labute approximate surface area is 140 Å². The Morgan fingerprint density at radius 3 is 2.08 bits per heavy atom. The first-order valence-corrected chi connectivity index (χ1v) is 7.80. The van der Waals surface area contributed by atoms with Crippen molar-refractivity contribution in [3.63, 3.8) is 0 Å². The Morgan fingerprint density at radius 2 is 1.69 bits per heavy atom. The number of hydrogen-bond acceptors (Lipinski definition) is 5. The molecule has 0 saturated heterocycles. The number of fused-ring (bicyclic) bond motifs is 1. The lowest BCUT2D eigenvalue weighted by molar-refractivity contribution is -0.386. The van der Waals surface area contributed by atoms with E-state index in [0.717, 1.165) is 14.1 Å². The standard InChI is InChI=1S/C11H8F6N4O4S/c1-20(2)26(24,25)8-4(10(12,13)14)3-5-6(7(8)21(22)23)19-9(18-5)11(15,16)17/h3H,1-2H3,(H,18,19). The van der Waals surface area contributed by atoms with E-state index in [1.807, 2.05) is 0 Å². The minimum Gasteiger partial charge on any atom is -0.334 e. The lowest BCUT2D eigenvalue weighted by Gasteiger charge is -2.17. The molecule has 0 spiro atoms. The van der Waals surface area contributed by atoms with E-state index >= 15 is 0 Å². The SMILES string of the molecule is CN(C)S(=O)(=O)c1c(C(F)(F)F)cc2[nH]c(C(F)(F)F)nc2c1[N+](=O)[O-]. The third kappa shape index (κ3) is 3.18. The molecule has 1 heterocycles. The van der Waals surface area contributed by atoms with Gasteiger partial charge in [-0.05, 0) is 6.07 Å². The number of nitrogens with one attached hydrogen (secondary N) is 1. The van der Waals surface area contributed by atoms with Crippen LogP contribution in [0.25, 0.3) is 11.0 Å². The van der Waals surface area contributed by atoms with Crippen molar-refractivity contribution in [3.05, 3.63) is 27.6 Å². The van der Waals surface area contributed by atoms with Crippen LogP contribution in [0, 0.1) is 10.1 Å². The van der Waals surface area contributed by atoms with Gasteiger partial charge in [0.05, 0.1) is 16.0 Å². The maximum absolute atomic E-state index is 13.3. The number of aromatic amines is 1. The highest BCUT2D eigenvalue weighted by atomic mass is 32.2. The van der Waals surface area contributed by atoms with Crippen molar-refractivity contribution in [1.82, 2.24) is 14.3 Å². The first-order valence-electron chi connectivity index (χ1n) is 6.36. The maximum atomic E-state index is 13.3. The number of imidazole rings is 1. The predicted molar refractivity (Wildman–Crippen MR) is 73.6 cm³/mol. The quantitative estimate of drug-likeness (QED) is 0.479. The van der Waals surface area contributed by atoms with E-state index in [0.29, 0.717) is 0 Å². The van der Waals surface area contributed by atoms with E-state index in [1.54, 1.807) is 0 Å². The van der Waals surface area contributed by atoms with E-state index in [9.17, 15) is 44.9 Å². The van der Waals surface area contributed by atoms with Crippen molar-refractivity contribution in [2.75, 3.05) is 14.1 Å². The fourth-order valence-corrected chi connectivity index (χ4v) is 3.31. The molecule has 0 amide bonds. The van der Waals surface area contributed by atoms with Gasteiger partial charge in [0.15, 0.2) is 10.4 Å². The van der Waals surface area contributed by atoms with Crippen LogP contribution in [0.1, 0.15) is 11.4 Å². The molecule has 2 aromatic rings. The van der Waals surface area contributed by atoms with Gasteiger partial charge in [0.2, 0.25) is 15.8 Å². The molecule has 2 rings (SSSR count). The first-order chi connectivity index (χ1) is 11.6. The van der Waals surface area contributed by atoms with Crippen molar-refractivity contribution < 1.29 is 39.7 Å². The zero-order chi connectivity index (χ0) is 20.2. The molecular formula is C11H8F6N4O4S. The number of halogens is 6. The number of sulfonamides is 1. The van der Waals surface area contributed by atoms with Crippen LogP contribution in [0.4, 0.5) is 32.0 Å². The number of nitrogens with zero attached hydrogens (tertiary/aromatic N) is 3. The molecule has 15 heteroatoms. The summed E-state index contributed by atoms with van der Waals surface area (Å²) in [6, 6.07) is 0.0426. The van der Waals surface area contributed by atoms with Crippen LogP contribution in [0.15, 0.2) is 11.0 Å². The van der Waals surface area contributed by atoms with Crippen molar-refractivity contribution in [2.45, 2.75) is 17.2 Å². The molecule has 1 aromatic carbocycles. The van der Waals surface area contributed by atoms with Crippen LogP contribution in [-0.4, -0.2) is 41.7 Å². The summed E-state index contributed by atoms with van der Waals surface area (Å²) in [6.07, 6.45) is -10.5. The molecule has 8 nitrogen and oxygen atoms in total. The highest BCUT2D eigenvalue weighted by Crippen LogP contribution is 2.44. The summed E-state index contributed by atoms with van der Waals surface area (Å²) in [5.41, 5.74) is -5.82. The third-order valence-electron chi connectivity index (χ3n) is 3.20. The Bertz CT molecular complexity index is 993. The van der Waals surface area contributed by atoms with Gasteiger partial charge < -0.3 is 4.98 Å². The molecular weight excluding hydrogens is 398 g/mol. The normalized spacial score (nSPS) is 13.6. The molecule has 0 unspecified atom stereocenters. The van der Waals surface area contributed by atoms with Gasteiger partial charge in [-0.3, -0.25) is 10.1 Å². The minimum absolute atomic E-state index is 0.0426. The summed E-state index contributed by atoms with van der Waals surface area (Å²) in [6.45, 7) is 0. The molecule has 1 aromatic heterocycles. The Balaban J connectivity index is 3.13. The Hall–Kier alpha value is -2.42. The number of rotatable bonds is 3. The van der Waals surface area contributed by atoms with Crippen molar-refractivity contribution in [1.29, 1.82) is 0 Å². The zero-order valence-corrected chi connectivity index (χ0v) is 13.5. The van der Waals surface area contributed by atoms with Gasteiger partial charge in [-0.25, -0.2) is 17.7 Å². The molecule has 0 aliphatic heterocycles. The summed E-state index contributed by atoms with van der Waals surface area (Å²) in [4.78, 5) is 12.4. The van der Waals surface area contributed by atoms with Crippen LogP contribution in [0.2, 0.25) is 0 Å². The van der Waals surface area contributed by atoms with Crippen molar-refractivity contribution >= 4 is 26.7 Å². The third-order valence-corrected chi connectivity index (χ3v) is 5.09. The number of benzene rings is 1. The van der Waals surface area contributed by atoms with E-state index in [2.05, 4.69) is 4.98 Å². The lowest BCUT2D eigenvalue weighted by atomic mass is 10.1. The zero-order valence-electron chi connectivity index (χ0n) is 12.7. The largest absolute Gasteiger partial charge is 0.449 e. The van der Waals surface area contributed by atoms with Gasteiger partial charge in [-0.15, -0.1) is 0 Å². The van der Waals surface area contributed by atoms with Crippen LogP contribution < -0.4 is 0 Å². The molecule has 0 atom stereocenters. The number of aromatic nitrogens is 2. The molecule has 0 radical (unpaired) electrons. The maximum Gasteiger partial charge on any atom is 0.449 e. The van der Waals surface area contributed by atoms with Gasteiger partial charge in [-0.2, -0.15) is 26.3 Å². The Kier molecular flexibility index (Phi) is 4.44. The highest BCUT2D eigenvalue weighted by molar-refractivity contribution is 7.89. The summed E-state index contributed by atoms with van der Waals surface area (Å²) < 4.78 is 103. The Morgan fingerprint density at radius 1 is 1.15 bits per heavy atom. The van der Waals surface area contributed by atoms with E-state index in [-0.39, 0.29) is 10.4 Å². The van der Waals surface area contributed by atoms with E-state index in [4.69, 9.17) is 0 Å². The fraction of sp³-hybridized carbons (Fsp3) is 0.364. The van der Waals surface area contributed by atoms with Gasteiger partial charge in [0.25, 0.3) is 0 Å². The number of hydrogen-bond donors (Lipinski definition) is 1. The summed E-state index contributed by atoms with van der Waals surface area (Å²) in [5, 5.41) is 11.3. The monoisotopic (exact) mass is 406 g/mol. The predicted octanol–water partition coefficient (Wildman–Crippen LogP) is 2.76. The molecule has 0 aliphatic carbocycles. The van der Waals surface area contributed by atoms with Crippen molar-refractivity contribution in [2.24, 2.45) is 0 Å². The number of nitro benzene ring substituents is 1. The molecule has 0 aliphatic rings. The fourth-order valence-electron chi connectivity index (χ4n) is 2.07. The second-order valence-electron chi connectivity index (χ2n) is 5.12. The van der Waals surface area contributed by atoms with E-state index in [1.165, 1.54) is 4.98 Å². The molecule has 0 fully saturated rings. The molecule has 26 heavy (non-hydrogen) atoms.